The van der Waals surface area contributed by atoms with Crippen molar-refractivity contribution in [3.8, 4) is 0 Å². The van der Waals surface area contributed by atoms with Gasteiger partial charge in [0.2, 0.25) is 11.8 Å². The molecule has 2 amide bonds. The SMILES string of the molecule is CCCN(C(=O)C[C@H]1CCC(=O)N1)C1CCCC1. The van der Waals surface area contributed by atoms with E-state index in [0.29, 0.717) is 18.9 Å². The molecule has 1 heterocycles. The Morgan fingerprint density at radius 3 is 2.61 bits per heavy atom. The van der Waals surface area contributed by atoms with Crippen LogP contribution >= 0.6 is 0 Å². The highest BCUT2D eigenvalue weighted by molar-refractivity contribution is 5.82. The lowest BCUT2D eigenvalue weighted by Crippen LogP contribution is -2.42. The van der Waals surface area contributed by atoms with Crippen LogP contribution in [0.2, 0.25) is 0 Å². The summed E-state index contributed by atoms with van der Waals surface area (Å²) in [6.07, 6.45) is 7.70. The van der Waals surface area contributed by atoms with Gasteiger partial charge in [0.05, 0.1) is 0 Å². The Kier molecular flexibility index (Phi) is 4.61. The summed E-state index contributed by atoms with van der Waals surface area (Å²) in [5.74, 6) is 0.326. The van der Waals surface area contributed by atoms with Crippen molar-refractivity contribution >= 4 is 11.8 Å². The molecule has 0 spiro atoms. The van der Waals surface area contributed by atoms with E-state index in [1.807, 2.05) is 0 Å². The lowest BCUT2D eigenvalue weighted by Gasteiger charge is -2.29. The van der Waals surface area contributed by atoms with Crippen LogP contribution in [-0.2, 0) is 9.59 Å². The topological polar surface area (TPSA) is 49.4 Å². The Balaban J connectivity index is 1.88. The first kappa shape index (κ1) is 13.4. The van der Waals surface area contributed by atoms with E-state index in [1.165, 1.54) is 12.8 Å². The van der Waals surface area contributed by atoms with Crippen LogP contribution in [0.1, 0.15) is 58.3 Å². The zero-order chi connectivity index (χ0) is 13.0. The second kappa shape index (κ2) is 6.21. The number of nitrogens with one attached hydrogen (secondary N) is 1. The highest BCUT2D eigenvalue weighted by atomic mass is 16.2. The number of amides is 2. The molecule has 102 valence electrons. The van der Waals surface area contributed by atoms with Gasteiger partial charge in [0.1, 0.15) is 0 Å². The molecule has 0 bridgehead atoms. The molecule has 2 rings (SSSR count). The summed E-state index contributed by atoms with van der Waals surface area (Å²) in [7, 11) is 0. The van der Waals surface area contributed by atoms with Gasteiger partial charge in [-0.15, -0.1) is 0 Å². The molecule has 1 atom stereocenters. The summed E-state index contributed by atoms with van der Waals surface area (Å²) in [6.45, 7) is 2.98. The molecule has 4 nitrogen and oxygen atoms in total. The standard InChI is InChI=1S/C14H24N2O2/c1-2-9-16(12-5-3-4-6-12)14(18)10-11-7-8-13(17)15-11/h11-12H,2-10H2,1H3,(H,15,17)/t11-/m1/s1. The normalized spacial score (nSPS) is 24.3. The molecule has 0 unspecified atom stereocenters. The minimum Gasteiger partial charge on any atom is -0.353 e. The van der Waals surface area contributed by atoms with Gasteiger partial charge < -0.3 is 10.2 Å². The maximum atomic E-state index is 12.4. The molecule has 1 N–H and O–H groups in total. The van der Waals surface area contributed by atoms with Crippen LogP contribution in [0.5, 0.6) is 0 Å². The number of hydrogen-bond acceptors (Lipinski definition) is 2. The van der Waals surface area contributed by atoms with Crippen LogP contribution in [0, 0.1) is 0 Å². The zero-order valence-electron chi connectivity index (χ0n) is 11.3. The average molecular weight is 252 g/mol. The Morgan fingerprint density at radius 1 is 1.33 bits per heavy atom. The summed E-state index contributed by atoms with van der Waals surface area (Å²) in [6, 6.07) is 0.528. The van der Waals surface area contributed by atoms with Crippen LogP contribution in [0.25, 0.3) is 0 Å². The number of carbonyl (C=O) groups excluding carboxylic acids is 2. The Labute approximate surface area is 109 Å². The molecule has 18 heavy (non-hydrogen) atoms. The smallest absolute Gasteiger partial charge is 0.224 e. The fourth-order valence-electron chi connectivity index (χ4n) is 3.13. The summed E-state index contributed by atoms with van der Waals surface area (Å²) in [4.78, 5) is 25.6. The Hall–Kier alpha value is -1.06. The second-order valence-electron chi connectivity index (χ2n) is 5.53. The van der Waals surface area contributed by atoms with Gasteiger partial charge in [0.15, 0.2) is 0 Å². The molecule has 4 heteroatoms. The molecule has 0 aromatic rings. The molecule has 0 radical (unpaired) electrons. The van der Waals surface area contributed by atoms with Gasteiger partial charge in [-0.3, -0.25) is 9.59 Å². The predicted octanol–water partition coefficient (Wildman–Crippen LogP) is 1.84. The average Bonchev–Trinajstić information content (AvgIpc) is 2.97. The highest BCUT2D eigenvalue weighted by Crippen LogP contribution is 2.25. The second-order valence-corrected chi connectivity index (χ2v) is 5.53. The van der Waals surface area contributed by atoms with E-state index in [2.05, 4.69) is 17.1 Å². The largest absolute Gasteiger partial charge is 0.353 e. The quantitative estimate of drug-likeness (QED) is 0.811. The van der Waals surface area contributed by atoms with Crippen molar-refractivity contribution in [2.45, 2.75) is 70.4 Å². The van der Waals surface area contributed by atoms with Gasteiger partial charge in [-0.25, -0.2) is 0 Å². The molecule has 1 aliphatic carbocycles. The van der Waals surface area contributed by atoms with Gasteiger partial charge in [-0.2, -0.15) is 0 Å². The molecule has 1 saturated carbocycles. The fraction of sp³-hybridized carbons (Fsp3) is 0.857. The first-order valence-corrected chi connectivity index (χ1v) is 7.29. The van der Waals surface area contributed by atoms with Crippen LogP contribution < -0.4 is 5.32 Å². The molecule has 0 aromatic heterocycles. The lowest BCUT2D eigenvalue weighted by atomic mass is 10.1. The number of nitrogens with zero attached hydrogens (tertiary/aromatic N) is 1. The maximum absolute atomic E-state index is 12.4. The van der Waals surface area contributed by atoms with E-state index in [1.54, 1.807) is 0 Å². The highest BCUT2D eigenvalue weighted by Gasteiger charge is 2.29. The van der Waals surface area contributed by atoms with E-state index >= 15 is 0 Å². The van der Waals surface area contributed by atoms with Crippen LogP contribution in [0.4, 0.5) is 0 Å². The fourth-order valence-corrected chi connectivity index (χ4v) is 3.13. The lowest BCUT2D eigenvalue weighted by molar-refractivity contribution is -0.134. The van der Waals surface area contributed by atoms with E-state index in [4.69, 9.17) is 0 Å². The van der Waals surface area contributed by atoms with Crippen molar-refractivity contribution in [2.75, 3.05) is 6.54 Å². The predicted molar refractivity (Wildman–Crippen MR) is 70.0 cm³/mol. The summed E-state index contributed by atoms with van der Waals surface area (Å²) in [5, 5.41) is 2.89. The third-order valence-corrected chi connectivity index (χ3v) is 4.06. The summed E-state index contributed by atoms with van der Waals surface area (Å²) in [5.41, 5.74) is 0. The summed E-state index contributed by atoms with van der Waals surface area (Å²) >= 11 is 0. The van der Waals surface area contributed by atoms with Crippen molar-refractivity contribution < 1.29 is 9.59 Å². The minimum absolute atomic E-state index is 0.0748. The van der Waals surface area contributed by atoms with Crippen molar-refractivity contribution in [3.05, 3.63) is 0 Å². The first-order valence-electron chi connectivity index (χ1n) is 7.29. The van der Waals surface area contributed by atoms with Crippen molar-refractivity contribution in [2.24, 2.45) is 0 Å². The van der Waals surface area contributed by atoms with E-state index < -0.39 is 0 Å². The van der Waals surface area contributed by atoms with E-state index in [0.717, 1.165) is 32.2 Å². The first-order chi connectivity index (χ1) is 8.70. The number of rotatable bonds is 5. The van der Waals surface area contributed by atoms with Crippen LogP contribution in [0.15, 0.2) is 0 Å². The van der Waals surface area contributed by atoms with Gasteiger partial charge in [-0.1, -0.05) is 19.8 Å². The van der Waals surface area contributed by atoms with Crippen LogP contribution in [0.3, 0.4) is 0 Å². The molecule has 1 aliphatic heterocycles. The van der Waals surface area contributed by atoms with Crippen LogP contribution in [-0.4, -0.2) is 35.3 Å². The minimum atomic E-state index is 0.0748. The molecular formula is C14H24N2O2. The van der Waals surface area contributed by atoms with Gasteiger partial charge in [-0.05, 0) is 25.7 Å². The van der Waals surface area contributed by atoms with Crippen molar-refractivity contribution in [1.29, 1.82) is 0 Å². The van der Waals surface area contributed by atoms with Gasteiger partial charge in [0, 0.05) is 31.5 Å². The van der Waals surface area contributed by atoms with E-state index in [9.17, 15) is 9.59 Å². The molecule has 0 aromatic carbocycles. The molecule has 1 saturated heterocycles. The summed E-state index contributed by atoms with van der Waals surface area (Å²) < 4.78 is 0. The third kappa shape index (κ3) is 3.24. The Morgan fingerprint density at radius 2 is 2.06 bits per heavy atom. The van der Waals surface area contributed by atoms with Crippen molar-refractivity contribution in [1.82, 2.24) is 10.2 Å². The molecular weight excluding hydrogens is 228 g/mol. The number of hydrogen-bond donors (Lipinski definition) is 1. The van der Waals surface area contributed by atoms with Crippen molar-refractivity contribution in [3.63, 3.8) is 0 Å². The number of carbonyl (C=O) groups is 2. The third-order valence-electron chi connectivity index (χ3n) is 4.06. The van der Waals surface area contributed by atoms with Gasteiger partial charge >= 0.3 is 0 Å². The monoisotopic (exact) mass is 252 g/mol. The Bertz CT molecular complexity index is 311. The molecule has 2 fully saturated rings. The maximum Gasteiger partial charge on any atom is 0.224 e. The molecule has 2 aliphatic rings. The van der Waals surface area contributed by atoms with Gasteiger partial charge in [0.25, 0.3) is 0 Å². The van der Waals surface area contributed by atoms with E-state index in [-0.39, 0.29) is 17.9 Å². The zero-order valence-corrected chi connectivity index (χ0v) is 11.3.